The van der Waals surface area contributed by atoms with Gasteiger partial charge in [-0.2, -0.15) is 0 Å². The van der Waals surface area contributed by atoms with E-state index in [9.17, 15) is 0 Å². The molecule has 4 heteroatoms. The maximum Gasteiger partial charge on any atom is 0.126 e. The Kier molecular flexibility index (Phi) is 3.33. The standard InChI is InChI=1S/C12H14N4/c13-11-3-4-12(16-9-11)15-7-5-10-2-1-6-14-8-10/h1-4,6,8-9H,5,7,13H2,(H,15,16). The normalized spacial score (nSPS) is 10.0. The second-order valence-corrected chi connectivity index (χ2v) is 3.51. The average molecular weight is 214 g/mol. The molecule has 0 saturated heterocycles. The zero-order chi connectivity index (χ0) is 11.2. The fourth-order valence-corrected chi connectivity index (χ4v) is 1.39. The number of nitrogens with two attached hydrogens (primary N) is 1. The Hall–Kier alpha value is -2.10. The SMILES string of the molecule is Nc1ccc(NCCc2cccnc2)nc1. The van der Waals surface area contributed by atoms with Crippen molar-refractivity contribution in [1.29, 1.82) is 0 Å². The molecule has 3 N–H and O–H groups in total. The molecule has 2 heterocycles. The molecule has 0 unspecified atom stereocenters. The molecule has 82 valence electrons. The van der Waals surface area contributed by atoms with E-state index in [-0.39, 0.29) is 0 Å². The highest BCUT2D eigenvalue weighted by Crippen LogP contribution is 2.06. The number of hydrogen-bond donors (Lipinski definition) is 2. The van der Waals surface area contributed by atoms with Crippen molar-refractivity contribution in [3.63, 3.8) is 0 Å². The van der Waals surface area contributed by atoms with Crippen LogP contribution < -0.4 is 11.1 Å². The quantitative estimate of drug-likeness (QED) is 0.813. The van der Waals surface area contributed by atoms with E-state index in [0.717, 1.165) is 18.8 Å². The van der Waals surface area contributed by atoms with Crippen LogP contribution in [0.3, 0.4) is 0 Å². The predicted molar refractivity (Wildman–Crippen MR) is 65.1 cm³/mol. The van der Waals surface area contributed by atoms with Crippen molar-refractivity contribution >= 4 is 11.5 Å². The average Bonchev–Trinajstić information content (AvgIpc) is 2.33. The number of pyridine rings is 2. The smallest absolute Gasteiger partial charge is 0.126 e. The lowest BCUT2D eigenvalue weighted by Gasteiger charge is -2.05. The molecule has 2 aromatic heterocycles. The summed E-state index contributed by atoms with van der Waals surface area (Å²) in [5.41, 5.74) is 7.44. The van der Waals surface area contributed by atoms with Gasteiger partial charge >= 0.3 is 0 Å². The molecule has 0 bridgehead atoms. The zero-order valence-electron chi connectivity index (χ0n) is 8.93. The minimum Gasteiger partial charge on any atom is -0.397 e. The number of nitrogen functional groups attached to an aromatic ring is 1. The molecule has 0 radical (unpaired) electrons. The molecule has 0 atom stereocenters. The van der Waals surface area contributed by atoms with Gasteiger partial charge in [0.25, 0.3) is 0 Å². The van der Waals surface area contributed by atoms with Crippen molar-refractivity contribution in [3.05, 3.63) is 48.4 Å². The lowest BCUT2D eigenvalue weighted by Crippen LogP contribution is -2.06. The molecule has 0 spiro atoms. The van der Waals surface area contributed by atoms with Gasteiger partial charge in [0.2, 0.25) is 0 Å². The molecule has 0 aliphatic heterocycles. The van der Waals surface area contributed by atoms with E-state index in [1.807, 2.05) is 24.4 Å². The molecule has 0 aromatic carbocycles. The largest absolute Gasteiger partial charge is 0.397 e. The molecule has 2 aromatic rings. The predicted octanol–water partition coefficient (Wildman–Crippen LogP) is 1.71. The third kappa shape index (κ3) is 2.95. The Bertz CT molecular complexity index is 425. The first-order chi connectivity index (χ1) is 7.84. The molecular formula is C12H14N4. The summed E-state index contributed by atoms with van der Waals surface area (Å²) in [6.07, 6.45) is 6.23. The van der Waals surface area contributed by atoms with Crippen LogP contribution in [0, 0.1) is 0 Å². The highest BCUT2D eigenvalue weighted by Gasteiger charge is 1.94. The van der Waals surface area contributed by atoms with Crippen molar-refractivity contribution < 1.29 is 0 Å². The van der Waals surface area contributed by atoms with Crippen LogP contribution in [0.4, 0.5) is 11.5 Å². The van der Waals surface area contributed by atoms with Crippen LogP contribution in [0.5, 0.6) is 0 Å². The van der Waals surface area contributed by atoms with Crippen LogP contribution in [-0.2, 0) is 6.42 Å². The number of rotatable bonds is 4. The number of nitrogens with zero attached hydrogens (tertiary/aromatic N) is 2. The second kappa shape index (κ2) is 5.11. The van der Waals surface area contributed by atoms with Gasteiger partial charge in [0.1, 0.15) is 5.82 Å². The molecule has 2 rings (SSSR count). The van der Waals surface area contributed by atoms with Gasteiger partial charge < -0.3 is 11.1 Å². The van der Waals surface area contributed by atoms with E-state index < -0.39 is 0 Å². The van der Waals surface area contributed by atoms with Gasteiger partial charge in [0.05, 0.1) is 11.9 Å². The van der Waals surface area contributed by atoms with Gasteiger partial charge in [0, 0.05) is 18.9 Å². The summed E-state index contributed by atoms with van der Waals surface area (Å²) in [5.74, 6) is 0.845. The zero-order valence-corrected chi connectivity index (χ0v) is 8.93. The Balaban J connectivity index is 1.82. The minimum absolute atomic E-state index is 0.679. The minimum atomic E-state index is 0.679. The number of aromatic nitrogens is 2. The Labute approximate surface area is 94.5 Å². The third-order valence-electron chi connectivity index (χ3n) is 2.23. The van der Waals surface area contributed by atoms with E-state index in [2.05, 4.69) is 21.4 Å². The molecular weight excluding hydrogens is 200 g/mol. The van der Waals surface area contributed by atoms with Gasteiger partial charge in [-0.1, -0.05) is 6.07 Å². The first-order valence-electron chi connectivity index (χ1n) is 5.19. The van der Waals surface area contributed by atoms with Gasteiger partial charge in [-0.25, -0.2) is 4.98 Å². The van der Waals surface area contributed by atoms with Crippen molar-refractivity contribution in [2.24, 2.45) is 0 Å². The van der Waals surface area contributed by atoms with E-state index >= 15 is 0 Å². The maximum atomic E-state index is 5.55. The van der Waals surface area contributed by atoms with Crippen LogP contribution in [-0.4, -0.2) is 16.5 Å². The number of hydrogen-bond acceptors (Lipinski definition) is 4. The van der Waals surface area contributed by atoms with Crippen molar-refractivity contribution in [3.8, 4) is 0 Å². The van der Waals surface area contributed by atoms with Crippen LogP contribution in [0.15, 0.2) is 42.9 Å². The fraction of sp³-hybridized carbons (Fsp3) is 0.167. The van der Waals surface area contributed by atoms with Crippen LogP contribution in [0.2, 0.25) is 0 Å². The first kappa shape index (κ1) is 10.4. The van der Waals surface area contributed by atoms with Gasteiger partial charge in [-0.3, -0.25) is 4.98 Å². The summed E-state index contributed by atoms with van der Waals surface area (Å²) in [7, 11) is 0. The molecule has 0 amide bonds. The molecule has 0 saturated carbocycles. The molecule has 16 heavy (non-hydrogen) atoms. The Morgan fingerprint density at radius 1 is 1.19 bits per heavy atom. The lowest BCUT2D eigenvalue weighted by molar-refractivity contribution is 0.994. The van der Waals surface area contributed by atoms with Crippen molar-refractivity contribution in [2.45, 2.75) is 6.42 Å². The lowest BCUT2D eigenvalue weighted by atomic mass is 10.2. The van der Waals surface area contributed by atoms with Gasteiger partial charge in [-0.15, -0.1) is 0 Å². The highest BCUT2D eigenvalue weighted by molar-refractivity contribution is 5.43. The van der Waals surface area contributed by atoms with Gasteiger partial charge in [-0.05, 0) is 30.2 Å². The molecule has 0 aliphatic rings. The maximum absolute atomic E-state index is 5.55. The van der Waals surface area contributed by atoms with E-state index in [0.29, 0.717) is 5.69 Å². The van der Waals surface area contributed by atoms with Crippen molar-refractivity contribution in [2.75, 3.05) is 17.6 Å². The highest BCUT2D eigenvalue weighted by atomic mass is 15.0. The Morgan fingerprint density at radius 3 is 2.81 bits per heavy atom. The van der Waals surface area contributed by atoms with E-state index in [4.69, 9.17) is 5.73 Å². The second-order valence-electron chi connectivity index (χ2n) is 3.51. The summed E-state index contributed by atoms with van der Waals surface area (Å²) in [5, 5.41) is 3.23. The van der Waals surface area contributed by atoms with E-state index in [1.165, 1.54) is 5.56 Å². The van der Waals surface area contributed by atoms with Gasteiger partial charge in [0.15, 0.2) is 0 Å². The van der Waals surface area contributed by atoms with Crippen molar-refractivity contribution in [1.82, 2.24) is 9.97 Å². The monoisotopic (exact) mass is 214 g/mol. The number of nitrogens with one attached hydrogen (secondary N) is 1. The molecule has 0 aliphatic carbocycles. The summed E-state index contributed by atoms with van der Waals surface area (Å²) < 4.78 is 0. The van der Waals surface area contributed by atoms with Crippen LogP contribution >= 0.6 is 0 Å². The summed E-state index contributed by atoms with van der Waals surface area (Å²) in [6, 6.07) is 7.71. The Morgan fingerprint density at radius 2 is 2.12 bits per heavy atom. The fourth-order valence-electron chi connectivity index (χ4n) is 1.39. The van der Waals surface area contributed by atoms with Crippen LogP contribution in [0.1, 0.15) is 5.56 Å². The first-order valence-corrected chi connectivity index (χ1v) is 5.19. The van der Waals surface area contributed by atoms with E-state index in [1.54, 1.807) is 12.4 Å². The third-order valence-corrected chi connectivity index (χ3v) is 2.23. The molecule has 0 fully saturated rings. The topological polar surface area (TPSA) is 63.8 Å². The summed E-state index contributed by atoms with van der Waals surface area (Å²) in [4.78, 5) is 8.22. The summed E-state index contributed by atoms with van der Waals surface area (Å²) >= 11 is 0. The molecule has 4 nitrogen and oxygen atoms in total. The summed E-state index contributed by atoms with van der Waals surface area (Å²) in [6.45, 7) is 0.836. The van der Waals surface area contributed by atoms with Crippen LogP contribution in [0.25, 0.3) is 0 Å². The number of anilines is 2.